The van der Waals surface area contributed by atoms with Gasteiger partial charge in [-0.2, -0.15) is 0 Å². The van der Waals surface area contributed by atoms with Crippen LogP contribution in [0, 0.1) is 0 Å². The molecule has 0 aromatic heterocycles. The number of carbonyl (C=O) groups excluding carboxylic acids is 2. The van der Waals surface area contributed by atoms with E-state index < -0.39 is 0 Å². The molecule has 1 unspecified atom stereocenters. The zero-order valence-electron chi connectivity index (χ0n) is 15.5. The maximum atomic E-state index is 12.4. The molecule has 6 nitrogen and oxygen atoms in total. The van der Waals surface area contributed by atoms with E-state index in [0.29, 0.717) is 18.3 Å². The smallest absolute Gasteiger partial charge is 0.321 e. The molecule has 0 aliphatic carbocycles. The highest BCUT2D eigenvalue weighted by Crippen LogP contribution is 2.18. The molecule has 138 valence electrons. The first-order valence-electron chi connectivity index (χ1n) is 8.89. The van der Waals surface area contributed by atoms with Gasteiger partial charge in [-0.05, 0) is 37.3 Å². The second-order valence-electron chi connectivity index (χ2n) is 6.75. The summed E-state index contributed by atoms with van der Waals surface area (Å²) in [6.45, 7) is 1.55. The van der Waals surface area contributed by atoms with Crippen LogP contribution in [0.2, 0.25) is 0 Å². The average molecular weight is 347 g/mol. The number of likely N-dealkylation sites (N-methyl/N-ethyl adjacent to an activating group) is 1. The Labute approximate surface area is 150 Å². The van der Waals surface area contributed by atoms with Crippen molar-refractivity contribution in [3.8, 4) is 0 Å². The fraction of sp³-hybridized carbons (Fsp3) is 0.579. The van der Waals surface area contributed by atoms with Crippen LogP contribution in [0.15, 0.2) is 24.3 Å². The molecule has 1 aromatic rings. The van der Waals surface area contributed by atoms with Crippen molar-refractivity contribution in [2.24, 2.45) is 0 Å². The summed E-state index contributed by atoms with van der Waals surface area (Å²) in [6, 6.07) is 7.28. The van der Waals surface area contributed by atoms with Crippen molar-refractivity contribution in [2.75, 3.05) is 39.6 Å². The van der Waals surface area contributed by atoms with E-state index in [1.54, 1.807) is 30.9 Å². The molecule has 0 bridgehead atoms. The molecule has 6 heteroatoms. The summed E-state index contributed by atoms with van der Waals surface area (Å²) >= 11 is 0. The lowest BCUT2D eigenvalue weighted by molar-refractivity contribution is -0.127. The van der Waals surface area contributed by atoms with Crippen LogP contribution in [0.3, 0.4) is 0 Å². The van der Waals surface area contributed by atoms with E-state index >= 15 is 0 Å². The summed E-state index contributed by atoms with van der Waals surface area (Å²) in [4.78, 5) is 27.6. The number of amides is 3. The van der Waals surface area contributed by atoms with Gasteiger partial charge in [-0.15, -0.1) is 0 Å². The minimum absolute atomic E-state index is 0.00613. The molecule has 25 heavy (non-hydrogen) atoms. The number of carbonyl (C=O) groups is 2. The minimum Gasteiger partial charge on any atom is -0.378 e. The zero-order valence-corrected chi connectivity index (χ0v) is 15.5. The fourth-order valence-corrected chi connectivity index (χ4v) is 2.86. The second-order valence-corrected chi connectivity index (χ2v) is 6.75. The summed E-state index contributed by atoms with van der Waals surface area (Å²) in [5.41, 5.74) is 1.51. The Morgan fingerprint density at radius 1 is 1.24 bits per heavy atom. The topological polar surface area (TPSA) is 61.9 Å². The number of hydrogen-bond donors (Lipinski definition) is 1. The van der Waals surface area contributed by atoms with E-state index in [9.17, 15) is 9.59 Å². The molecule has 0 saturated carbocycles. The number of ether oxygens (including phenoxy) is 1. The third kappa shape index (κ3) is 6.05. The van der Waals surface area contributed by atoms with Gasteiger partial charge in [-0.25, -0.2) is 4.79 Å². The molecule has 2 rings (SSSR count). The van der Waals surface area contributed by atoms with Crippen LogP contribution in [-0.4, -0.2) is 62.1 Å². The summed E-state index contributed by atoms with van der Waals surface area (Å²) < 4.78 is 5.61. The molecule has 0 spiro atoms. The van der Waals surface area contributed by atoms with Gasteiger partial charge in [0.25, 0.3) is 0 Å². The molecular formula is C19H29N3O3. The first-order chi connectivity index (χ1) is 12.0. The molecule has 1 saturated heterocycles. The molecular weight excluding hydrogens is 318 g/mol. The Balaban J connectivity index is 1.85. The molecule has 1 N–H and O–H groups in total. The normalized spacial score (nSPS) is 16.5. The Hall–Kier alpha value is -2.08. The van der Waals surface area contributed by atoms with Gasteiger partial charge in [0.05, 0.1) is 12.5 Å². The number of hydrogen-bond acceptors (Lipinski definition) is 3. The van der Waals surface area contributed by atoms with Crippen LogP contribution in [0.1, 0.15) is 31.2 Å². The van der Waals surface area contributed by atoms with Gasteiger partial charge in [0, 0.05) is 40.0 Å². The van der Waals surface area contributed by atoms with Gasteiger partial charge in [0.2, 0.25) is 5.91 Å². The van der Waals surface area contributed by atoms with Gasteiger partial charge in [0.15, 0.2) is 0 Å². The summed E-state index contributed by atoms with van der Waals surface area (Å²) in [5.74, 6) is 0.00613. The van der Waals surface area contributed by atoms with Gasteiger partial charge in [-0.3, -0.25) is 4.79 Å². The maximum Gasteiger partial charge on any atom is 0.321 e. The van der Waals surface area contributed by atoms with Gasteiger partial charge in [-0.1, -0.05) is 18.2 Å². The van der Waals surface area contributed by atoms with Gasteiger partial charge < -0.3 is 19.9 Å². The van der Waals surface area contributed by atoms with Crippen molar-refractivity contribution in [2.45, 2.75) is 38.2 Å². The van der Waals surface area contributed by atoms with Crippen LogP contribution in [0.4, 0.5) is 10.5 Å². The molecule has 1 aromatic carbocycles. The first kappa shape index (κ1) is 19.2. The van der Waals surface area contributed by atoms with Crippen LogP contribution in [-0.2, 0) is 16.0 Å². The fourth-order valence-electron chi connectivity index (χ4n) is 2.86. The molecule has 1 aliphatic rings. The maximum absolute atomic E-state index is 12.4. The van der Waals surface area contributed by atoms with Crippen LogP contribution in [0.5, 0.6) is 0 Å². The largest absolute Gasteiger partial charge is 0.378 e. The highest BCUT2D eigenvalue weighted by Gasteiger charge is 2.17. The lowest BCUT2D eigenvalue weighted by atomic mass is 10.1. The van der Waals surface area contributed by atoms with E-state index in [1.807, 2.05) is 24.3 Å². The molecule has 0 radical (unpaired) electrons. The van der Waals surface area contributed by atoms with E-state index in [1.165, 1.54) is 0 Å². The van der Waals surface area contributed by atoms with Crippen LogP contribution in [0.25, 0.3) is 0 Å². The zero-order chi connectivity index (χ0) is 18.2. The number of nitrogens with zero attached hydrogens (tertiary/aromatic N) is 2. The quantitative estimate of drug-likeness (QED) is 0.825. The predicted octanol–water partition coefficient (Wildman–Crippen LogP) is 2.74. The number of benzene rings is 1. The average Bonchev–Trinajstić information content (AvgIpc) is 3.09. The molecule has 1 aliphatic heterocycles. The Bertz CT molecular complexity index is 583. The predicted molar refractivity (Wildman–Crippen MR) is 98.7 cm³/mol. The molecule has 1 atom stereocenters. The number of nitrogens with one attached hydrogen (secondary N) is 1. The van der Waals surface area contributed by atoms with E-state index in [0.717, 1.165) is 37.9 Å². The lowest BCUT2D eigenvalue weighted by Crippen LogP contribution is -2.33. The van der Waals surface area contributed by atoms with Crippen molar-refractivity contribution < 1.29 is 14.3 Å². The summed E-state index contributed by atoms with van der Waals surface area (Å²) in [7, 11) is 5.25. The van der Waals surface area contributed by atoms with Crippen molar-refractivity contribution in [1.29, 1.82) is 0 Å². The van der Waals surface area contributed by atoms with Gasteiger partial charge in [0.1, 0.15) is 0 Å². The molecule has 1 fully saturated rings. The monoisotopic (exact) mass is 347 g/mol. The summed E-state index contributed by atoms with van der Waals surface area (Å²) in [5, 5.41) is 2.92. The lowest BCUT2D eigenvalue weighted by Gasteiger charge is -2.20. The number of rotatable bonds is 7. The highest BCUT2D eigenvalue weighted by atomic mass is 16.5. The number of para-hydroxylation sites is 1. The highest BCUT2D eigenvalue weighted by molar-refractivity contribution is 5.91. The van der Waals surface area contributed by atoms with Gasteiger partial charge >= 0.3 is 6.03 Å². The van der Waals surface area contributed by atoms with Crippen LogP contribution < -0.4 is 5.32 Å². The Morgan fingerprint density at radius 2 is 2.00 bits per heavy atom. The molecule has 3 amide bonds. The van der Waals surface area contributed by atoms with Crippen molar-refractivity contribution in [3.05, 3.63) is 29.8 Å². The van der Waals surface area contributed by atoms with Crippen LogP contribution >= 0.6 is 0 Å². The van der Waals surface area contributed by atoms with E-state index in [2.05, 4.69) is 5.32 Å². The minimum atomic E-state index is -0.155. The van der Waals surface area contributed by atoms with E-state index in [4.69, 9.17) is 4.74 Å². The molecule has 1 heterocycles. The summed E-state index contributed by atoms with van der Waals surface area (Å²) in [6.07, 6.45) is 4.81. The number of anilines is 1. The first-order valence-corrected chi connectivity index (χ1v) is 8.89. The van der Waals surface area contributed by atoms with E-state index in [-0.39, 0.29) is 18.4 Å². The van der Waals surface area contributed by atoms with Crippen molar-refractivity contribution in [3.63, 3.8) is 0 Å². The second kappa shape index (κ2) is 9.42. The third-order valence-corrected chi connectivity index (χ3v) is 4.49. The van der Waals surface area contributed by atoms with Crippen molar-refractivity contribution in [1.82, 2.24) is 9.80 Å². The third-order valence-electron chi connectivity index (χ3n) is 4.49. The standard InChI is InChI=1S/C19H29N3O3/c1-21(2)18(23)14-15-8-4-5-11-17(15)20-19(24)22(3)12-6-9-16-10-7-13-25-16/h4-5,8,11,16H,6-7,9-10,12-14H2,1-3H3,(H,20,24). The Kier molecular flexibility index (Phi) is 7.25. The van der Waals surface area contributed by atoms with Crippen molar-refractivity contribution >= 4 is 17.6 Å². The SMILES string of the molecule is CN(C)C(=O)Cc1ccccc1NC(=O)N(C)CCCC1CCCO1. The number of urea groups is 1. The Morgan fingerprint density at radius 3 is 2.68 bits per heavy atom.